The van der Waals surface area contributed by atoms with Gasteiger partial charge in [-0.1, -0.05) is 23.8 Å². The van der Waals surface area contributed by atoms with Crippen molar-refractivity contribution in [3.8, 4) is 17.2 Å². The Balaban J connectivity index is 1.70. The molecule has 124 valence electrons. The molecule has 1 N–H and O–H groups in total. The number of aryl methyl sites for hydroxylation is 1. The Morgan fingerprint density at radius 1 is 1.04 bits per heavy atom. The number of hydrogen-bond donors (Lipinski definition) is 1. The summed E-state index contributed by atoms with van der Waals surface area (Å²) in [7, 11) is 0. The molecule has 3 rings (SSSR count). The summed E-state index contributed by atoms with van der Waals surface area (Å²) in [6.45, 7) is 2.64. The van der Waals surface area contributed by atoms with Crippen LogP contribution in [0.2, 0.25) is 0 Å². The van der Waals surface area contributed by atoms with Crippen LogP contribution in [0.1, 0.15) is 39.1 Å². The van der Waals surface area contributed by atoms with Crippen LogP contribution in [-0.2, 0) is 0 Å². The van der Waals surface area contributed by atoms with Gasteiger partial charge < -0.3 is 14.6 Å². The summed E-state index contributed by atoms with van der Waals surface area (Å²) in [6.07, 6.45) is 0.121. The van der Waals surface area contributed by atoms with Gasteiger partial charge in [0.05, 0.1) is 5.56 Å². The van der Waals surface area contributed by atoms with E-state index in [2.05, 4.69) is 0 Å². The molecule has 0 amide bonds. The van der Waals surface area contributed by atoms with E-state index in [-0.39, 0.29) is 41.5 Å². The molecule has 0 saturated heterocycles. The second kappa shape index (κ2) is 6.74. The molecule has 1 aliphatic rings. The number of benzene rings is 2. The van der Waals surface area contributed by atoms with Crippen LogP contribution >= 0.6 is 0 Å². The molecule has 0 bridgehead atoms. The van der Waals surface area contributed by atoms with E-state index in [1.165, 1.54) is 6.07 Å². The third-order valence-electron chi connectivity index (χ3n) is 3.90. The van der Waals surface area contributed by atoms with Gasteiger partial charge in [-0.05, 0) is 25.1 Å². The van der Waals surface area contributed by atoms with Crippen LogP contribution in [0.25, 0.3) is 0 Å². The molecule has 0 spiro atoms. The molecule has 0 radical (unpaired) electrons. The fourth-order valence-corrected chi connectivity index (χ4v) is 2.65. The molecule has 2 aromatic carbocycles. The van der Waals surface area contributed by atoms with E-state index < -0.39 is 0 Å². The van der Waals surface area contributed by atoms with Gasteiger partial charge >= 0.3 is 0 Å². The van der Waals surface area contributed by atoms with Crippen LogP contribution in [0.4, 0.5) is 0 Å². The molecular weight excluding hydrogens is 308 g/mol. The Kier molecular flexibility index (Phi) is 4.51. The molecule has 0 aromatic heterocycles. The molecular formula is C19H18O5. The number of carbonyl (C=O) groups excluding carboxylic acids is 2. The molecule has 5 heteroatoms. The molecule has 2 aromatic rings. The third-order valence-corrected chi connectivity index (χ3v) is 3.90. The lowest BCUT2D eigenvalue weighted by Crippen LogP contribution is -2.16. The fourth-order valence-electron chi connectivity index (χ4n) is 2.65. The van der Waals surface area contributed by atoms with E-state index >= 15 is 0 Å². The summed E-state index contributed by atoms with van der Waals surface area (Å²) in [4.78, 5) is 24.5. The number of rotatable bonds is 5. The first kappa shape index (κ1) is 16.1. The van der Waals surface area contributed by atoms with Gasteiger partial charge in [0.25, 0.3) is 0 Å². The zero-order valence-electron chi connectivity index (χ0n) is 13.4. The van der Waals surface area contributed by atoms with E-state index in [9.17, 15) is 14.7 Å². The second-order valence-corrected chi connectivity index (χ2v) is 5.70. The minimum Gasteiger partial charge on any atom is -0.504 e. The molecule has 24 heavy (non-hydrogen) atoms. The minimum absolute atomic E-state index is 0.0278. The van der Waals surface area contributed by atoms with Crippen LogP contribution in [-0.4, -0.2) is 29.9 Å². The van der Waals surface area contributed by atoms with Gasteiger partial charge in [0.1, 0.15) is 13.2 Å². The Bertz CT molecular complexity index is 794. The van der Waals surface area contributed by atoms with Gasteiger partial charge in [0, 0.05) is 18.4 Å². The van der Waals surface area contributed by atoms with Gasteiger partial charge in [-0.2, -0.15) is 0 Å². The van der Waals surface area contributed by atoms with Gasteiger partial charge in [-0.3, -0.25) is 9.59 Å². The number of aromatic hydroxyl groups is 1. The minimum atomic E-state index is -0.300. The van der Waals surface area contributed by atoms with Crippen molar-refractivity contribution in [3.63, 3.8) is 0 Å². The van der Waals surface area contributed by atoms with Crippen molar-refractivity contribution in [2.45, 2.75) is 19.8 Å². The predicted molar refractivity (Wildman–Crippen MR) is 88.2 cm³/mol. The lowest BCUT2D eigenvalue weighted by Gasteiger charge is -2.20. The van der Waals surface area contributed by atoms with E-state index in [1.54, 1.807) is 18.2 Å². The molecule has 5 nitrogen and oxygen atoms in total. The lowest BCUT2D eigenvalue weighted by atomic mass is 9.99. The van der Waals surface area contributed by atoms with Crippen molar-refractivity contribution in [1.29, 1.82) is 0 Å². The summed E-state index contributed by atoms with van der Waals surface area (Å²) in [5.74, 6) is -0.00184. The number of ketones is 2. The molecule has 1 aliphatic heterocycles. The number of fused-ring (bicyclic) bond motifs is 1. The van der Waals surface area contributed by atoms with Crippen molar-refractivity contribution in [1.82, 2.24) is 0 Å². The number of phenolic OH excluding ortho intramolecular Hbond substituents is 1. The average Bonchev–Trinajstić information content (AvgIpc) is 2.60. The SMILES string of the molecule is Cc1cccc(C(=O)CCC(=O)c2ccc3c(c2O)OCCO3)c1. The maximum Gasteiger partial charge on any atom is 0.204 e. The summed E-state index contributed by atoms with van der Waals surface area (Å²) < 4.78 is 10.7. The zero-order valence-corrected chi connectivity index (χ0v) is 13.4. The smallest absolute Gasteiger partial charge is 0.204 e. The van der Waals surface area contributed by atoms with Crippen molar-refractivity contribution in [2.24, 2.45) is 0 Å². The number of ether oxygens (including phenoxy) is 2. The number of carbonyl (C=O) groups is 2. The highest BCUT2D eigenvalue weighted by Gasteiger charge is 2.22. The number of phenols is 1. The van der Waals surface area contributed by atoms with Crippen LogP contribution in [0, 0.1) is 6.92 Å². The molecule has 0 fully saturated rings. The first-order chi connectivity index (χ1) is 11.6. The molecule has 0 aliphatic carbocycles. The first-order valence-electron chi connectivity index (χ1n) is 7.81. The predicted octanol–water partition coefficient (Wildman–Crippen LogP) is 3.32. The summed E-state index contributed by atoms with van der Waals surface area (Å²) in [5, 5.41) is 10.2. The molecule has 1 heterocycles. The van der Waals surface area contributed by atoms with Crippen LogP contribution < -0.4 is 9.47 Å². The normalized spacial score (nSPS) is 12.7. The largest absolute Gasteiger partial charge is 0.504 e. The Morgan fingerprint density at radius 2 is 1.79 bits per heavy atom. The summed E-state index contributed by atoms with van der Waals surface area (Å²) in [6, 6.07) is 10.4. The standard InChI is InChI=1S/C19H18O5/c1-12-3-2-4-13(11-12)15(20)6-7-16(21)14-5-8-17-19(18(14)22)24-10-9-23-17/h2-5,8,11,22H,6-7,9-10H2,1H3. The topological polar surface area (TPSA) is 72.8 Å². The quantitative estimate of drug-likeness (QED) is 0.853. The fraction of sp³-hybridized carbons (Fsp3) is 0.263. The Hall–Kier alpha value is -2.82. The van der Waals surface area contributed by atoms with Crippen LogP contribution in [0.5, 0.6) is 17.2 Å². The van der Waals surface area contributed by atoms with E-state index in [0.29, 0.717) is 24.5 Å². The van der Waals surface area contributed by atoms with Gasteiger partial charge in [0.15, 0.2) is 23.1 Å². The lowest BCUT2D eigenvalue weighted by molar-refractivity contribution is 0.0914. The first-order valence-corrected chi connectivity index (χ1v) is 7.81. The highest BCUT2D eigenvalue weighted by Crippen LogP contribution is 2.41. The highest BCUT2D eigenvalue weighted by molar-refractivity contribution is 6.04. The molecule has 0 atom stereocenters. The maximum atomic E-state index is 12.3. The monoisotopic (exact) mass is 326 g/mol. The van der Waals surface area contributed by atoms with Gasteiger partial charge in [-0.15, -0.1) is 0 Å². The summed E-state index contributed by atoms with van der Waals surface area (Å²) in [5.41, 5.74) is 1.74. The van der Waals surface area contributed by atoms with Crippen LogP contribution in [0.3, 0.4) is 0 Å². The van der Waals surface area contributed by atoms with Crippen molar-refractivity contribution >= 4 is 11.6 Å². The van der Waals surface area contributed by atoms with Crippen LogP contribution in [0.15, 0.2) is 36.4 Å². The van der Waals surface area contributed by atoms with Crippen molar-refractivity contribution in [2.75, 3.05) is 13.2 Å². The van der Waals surface area contributed by atoms with Crippen molar-refractivity contribution < 1.29 is 24.2 Å². The molecule has 0 unspecified atom stereocenters. The number of hydrogen-bond acceptors (Lipinski definition) is 5. The van der Waals surface area contributed by atoms with E-state index in [0.717, 1.165) is 5.56 Å². The third kappa shape index (κ3) is 3.25. The highest BCUT2D eigenvalue weighted by atomic mass is 16.6. The maximum absolute atomic E-state index is 12.3. The Morgan fingerprint density at radius 3 is 2.58 bits per heavy atom. The second-order valence-electron chi connectivity index (χ2n) is 5.70. The number of Topliss-reactive ketones (excluding diaryl/α,β-unsaturated/α-hetero) is 2. The van der Waals surface area contributed by atoms with Gasteiger partial charge in [-0.25, -0.2) is 0 Å². The Labute approximate surface area is 139 Å². The average molecular weight is 326 g/mol. The summed E-state index contributed by atoms with van der Waals surface area (Å²) >= 11 is 0. The van der Waals surface area contributed by atoms with Gasteiger partial charge in [0.2, 0.25) is 5.75 Å². The molecule has 0 saturated carbocycles. The zero-order chi connectivity index (χ0) is 17.1. The van der Waals surface area contributed by atoms with Crippen molar-refractivity contribution in [3.05, 3.63) is 53.1 Å². The van der Waals surface area contributed by atoms with E-state index in [1.807, 2.05) is 19.1 Å². The van der Waals surface area contributed by atoms with E-state index in [4.69, 9.17) is 9.47 Å².